The van der Waals surface area contributed by atoms with E-state index in [-0.39, 0.29) is 11.6 Å². The Morgan fingerprint density at radius 1 is 0.867 bits per heavy atom. The molecule has 1 heterocycles. The van der Waals surface area contributed by atoms with E-state index in [1.807, 2.05) is 37.4 Å². The minimum absolute atomic E-state index is 0.296. The van der Waals surface area contributed by atoms with Crippen LogP contribution in [0.4, 0.5) is 14.5 Å². The maximum absolute atomic E-state index is 13.4. The van der Waals surface area contributed by atoms with Crippen molar-refractivity contribution in [3.8, 4) is 11.3 Å². The highest BCUT2D eigenvalue weighted by atomic mass is 32.1. The fourth-order valence-corrected chi connectivity index (χ4v) is 3.79. The molecule has 4 aromatic rings. The van der Waals surface area contributed by atoms with Gasteiger partial charge in [0.15, 0.2) is 0 Å². The zero-order valence-electron chi connectivity index (χ0n) is 16.5. The minimum Gasteiger partial charge on any atom is -0.219 e. The van der Waals surface area contributed by atoms with E-state index in [1.165, 1.54) is 35.6 Å². The Morgan fingerprint density at radius 3 is 2.23 bits per heavy atom. The lowest BCUT2D eigenvalue weighted by Gasteiger charge is -2.05. The van der Waals surface area contributed by atoms with Crippen LogP contribution in [0.2, 0.25) is 0 Å². The van der Waals surface area contributed by atoms with Crippen LogP contribution in [-0.2, 0) is 0 Å². The molecule has 150 valence electrons. The molecule has 6 heteroatoms. The lowest BCUT2D eigenvalue weighted by Crippen LogP contribution is -2.11. The summed E-state index contributed by atoms with van der Waals surface area (Å²) in [4.78, 5) is 5.51. The van der Waals surface area contributed by atoms with Crippen LogP contribution in [0.25, 0.3) is 11.3 Å². The van der Waals surface area contributed by atoms with E-state index in [1.54, 1.807) is 35.2 Å². The van der Waals surface area contributed by atoms with Crippen molar-refractivity contribution >= 4 is 23.2 Å². The predicted octanol–water partition coefficient (Wildman–Crippen LogP) is 6.23. The standard InChI is InChI=1S/C24H19F2N3S/c1-16-4-3-5-22(17(16)2)28-24-29(27-14-18-6-10-20(25)11-7-18)23(15-30-24)19-8-12-21(26)13-9-19/h3-15H,1-2H3/b27-14-,28-24?. The van der Waals surface area contributed by atoms with Gasteiger partial charge >= 0.3 is 0 Å². The number of aromatic nitrogens is 1. The second kappa shape index (κ2) is 8.55. The predicted molar refractivity (Wildman–Crippen MR) is 118 cm³/mol. The zero-order chi connectivity index (χ0) is 21.1. The van der Waals surface area contributed by atoms with Gasteiger partial charge < -0.3 is 0 Å². The molecule has 1 aromatic heterocycles. The molecule has 0 saturated carbocycles. The first kappa shape index (κ1) is 19.9. The third-order valence-corrected chi connectivity index (χ3v) is 5.63. The molecule has 0 saturated heterocycles. The van der Waals surface area contributed by atoms with Crippen LogP contribution in [0.15, 0.2) is 82.2 Å². The number of thiazole rings is 1. The van der Waals surface area contributed by atoms with Gasteiger partial charge in [0.1, 0.15) is 11.6 Å². The zero-order valence-corrected chi connectivity index (χ0v) is 17.3. The summed E-state index contributed by atoms with van der Waals surface area (Å²) in [6, 6.07) is 18.3. The van der Waals surface area contributed by atoms with Crippen molar-refractivity contribution in [2.24, 2.45) is 10.1 Å². The van der Waals surface area contributed by atoms with Crippen LogP contribution in [-0.4, -0.2) is 10.9 Å². The van der Waals surface area contributed by atoms with E-state index < -0.39 is 0 Å². The lowest BCUT2D eigenvalue weighted by molar-refractivity contribution is 0.627. The van der Waals surface area contributed by atoms with E-state index in [9.17, 15) is 8.78 Å². The maximum Gasteiger partial charge on any atom is 0.211 e. The molecule has 4 rings (SSSR count). The molecular formula is C24H19F2N3S. The molecule has 0 amide bonds. The summed E-state index contributed by atoms with van der Waals surface area (Å²) in [5.41, 5.74) is 5.51. The third kappa shape index (κ3) is 4.28. The van der Waals surface area contributed by atoms with Crippen molar-refractivity contribution in [1.29, 1.82) is 0 Å². The maximum atomic E-state index is 13.4. The molecule has 0 aliphatic carbocycles. The van der Waals surface area contributed by atoms with Crippen molar-refractivity contribution in [2.45, 2.75) is 13.8 Å². The van der Waals surface area contributed by atoms with Gasteiger partial charge in [0, 0.05) is 10.9 Å². The van der Waals surface area contributed by atoms with Crippen molar-refractivity contribution in [2.75, 3.05) is 0 Å². The Labute approximate surface area is 177 Å². The summed E-state index contributed by atoms with van der Waals surface area (Å²) in [5, 5.41) is 6.55. The molecule has 30 heavy (non-hydrogen) atoms. The molecule has 0 aliphatic heterocycles. The molecule has 0 bridgehead atoms. The summed E-state index contributed by atoms with van der Waals surface area (Å²) in [6.45, 7) is 4.09. The Morgan fingerprint density at radius 2 is 1.53 bits per heavy atom. The Kier molecular flexibility index (Phi) is 5.68. The molecule has 0 N–H and O–H groups in total. The number of rotatable bonds is 4. The third-order valence-electron chi connectivity index (χ3n) is 4.81. The Bertz CT molecular complexity index is 1270. The molecule has 3 aromatic carbocycles. The van der Waals surface area contributed by atoms with Gasteiger partial charge in [0.25, 0.3) is 0 Å². The Balaban J connectivity index is 1.86. The van der Waals surface area contributed by atoms with Gasteiger partial charge in [-0.3, -0.25) is 0 Å². The highest BCUT2D eigenvalue weighted by molar-refractivity contribution is 7.07. The highest BCUT2D eigenvalue weighted by Gasteiger charge is 2.09. The van der Waals surface area contributed by atoms with Gasteiger partial charge in [-0.15, -0.1) is 11.3 Å². The number of hydrogen-bond acceptors (Lipinski definition) is 3. The number of halogens is 2. The number of hydrogen-bond donors (Lipinski definition) is 0. The van der Waals surface area contributed by atoms with Crippen LogP contribution < -0.4 is 4.80 Å². The lowest BCUT2D eigenvalue weighted by atomic mass is 10.1. The summed E-state index contributed by atoms with van der Waals surface area (Å²) in [6.07, 6.45) is 1.65. The van der Waals surface area contributed by atoms with Gasteiger partial charge in [-0.2, -0.15) is 5.10 Å². The highest BCUT2D eigenvalue weighted by Crippen LogP contribution is 2.23. The van der Waals surface area contributed by atoms with Crippen LogP contribution in [0.5, 0.6) is 0 Å². The van der Waals surface area contributed by atoms with Gasteiger partial charge in [0.2, 0.25) is 4.80 Å². The fraction of sp³-hybridized carbons (Fsp3) is 0.0833. The second-order valence-corrected chi connectivity index (χ2v) is 7.69. The molecule has 3 nitrogen and oxygen atoms in total. The topological polar surface area (TPSA) is 29.6 Å². The van der Waals surface area contributed by atoms with Crippen LogP contribution in [0, 0.1) is 25.5 Å². The quantitative estimate of drug-likeness (QED) is 0.351. The summed E-state index contributed by atoms with van der Waals surface area (Å²) >= 11 is 1.45. The summed E-state index contributed by atoms with van der Waals surface area (Å²) in [5.74, 6) is -0.594. The fourth-order valence-electron chi connectivity index (χ4n) is 2.94. The van der Waals surface area contributed by atoms with Crippen LogP contribution in [0.1, 0.15) is 16.7 Å². The first-order valence-electron chi connectivity index (χ1n) is 9.38. The van der Waals surface area contributed by atoms with Crippen LogP contribution in [0.3, 0.4) is 0 Å². The normalized spacial score (nSPS) is 12.1. The minimum atomic E-state index is -0.298. The number of nitrogens with zero attached hydrogens (tertiary/aromatic N) is 3. The molecule has 0 spiro atoms. The van der Waals surface area contributed by atoms with Crippen molar-refractivity contribution < 1.29 is 8.78 Å². The van der Waals surface area contributed by atoms with E-state index in [0.717, 1.165) is 33.6 Å². The summed E-state index contributed by atoms with van der Waals surface area (Å²) in [7, 11) is 0. The first-order valence-corrected chi connectivity index (χ1v) is 10.3. The Hall–Kier alpha value is -3.38. The molecule has 0 unspecified atom stereocenters. The largest absolute Gasteiger partial charge is 0.219 e. The molecule has 0 aliphatic rings. The number of benzene rings is 3. The second-order valence-electron chi connectivity index (χ2n) is 6.85. The van der Waals surface area contributed by atoms with Gasteiger partial charge in [-0.25, -0.2) is 18.4 Å². The van der Waals surface area contributed by atoms with E-state index in [2.05, 4.69) is 5.10 Å². The van der Waals surface area contributed by atoms with Crippen molar-refractivity contribution in [1.82, 2.24) is 4.68 Å². The smallest absolute Gasteiger partial charge is 0.211 e. The van der Waals surface area contributed by atoms with Gasteiger partial charge in [0.05, 0.1) is 17.6 Å². The average Bonchev–Trinajstić information content (AvgIpc) is 3.14. The molecule has 0 atom stereocenters. The first-order chi connectivity index (χ1) is 14.5. The monoisotopic (exact) mass is 419 g/mol. The van der Waals surface area contributed by atoms with Gasteiger partial charge in [-0.05, 0) is 73.0 Å². The SMILES string of the molecule is Cc1cccc(N=c2scc(-c3ccc(F)cc3)n2/N=C\c2ccc(F)cc2)c1C. The van der Waals surface area contributed by atoms with Gasteiger partial charge in [-0.1, -0.05) is 24.3 Å². The summed E-state index contributed by atoms with van der Waals surface area (Å²) < 4.78 is 28.3. The molecule has 0 radical (unpaired) electrons. The average molecular weight is 420 g/mol. The van der Waals surface area contributed by atoms with Crippen LogP contribution >= 0.6 is 11.3 Å². The molecule has 0 fully saturated rings. The van der Waals surface area contributed by atoms with Crippen molar-refractivity contribution in [3.63, 3.8) is 0 Å². The van der Waals surface area contributed by atoms with Crippen molar-refractivity contribution in [3.05, 3.63) is 105 Å². The van der Waals surface area contributed by atoms with E-state index >= 15 is 0 Å². The van der Waals surface area contributed by atoms with E-state index in [4.69, 9.17) is 4.99 Å². The number of aryl methyl sites for hydroxylation is 1. The van der Waals surface area contributed by atoms with E-state index in [0.29, 0.717) is 4.80 Å². The molecular weight excluding hydrogens is 400 g/mol.